The summed E-state index contributed by atoms with van der Waals surface area (Å²) in [6, 6.07) is -0.249. The molecule has 3 heteroatoms. The summed E-state index contributed by atoms with van der Waals surface area (Å²) in [5, 5.41) is 3.07. The van der Waals surface area contributed by atoms with Crippen LogP contribution in [0.4, 0.5) is 0 Å². The summed E-state index contributed by atoms with van der Waals surface area (Å²) in [4.78, 5) is 21.9. The van der Waals surface area contributed by atoms with E-state index >= 15 is 0 Å². The first-order chi connectivity index (χ1) is 6.69. The summed E-state index contributed by atoms with van der Waals surface area (Å²) in [6.45, 7) is 3.74. The number of nitrogens with zero attached hydrogens (tertiary/aromatic N) is 1. The number of carbonyl (C=O) groups is 1. The molecule has 0 aliphatic heterocycles. The molecular formula is C11H19NO2. The van der Waals surface area contributed by atoms with E-state index in [1.807, 2.05) is 0 Å². The van der Waals surface area contributed by atoms with Gasteiger partial charge in [-0.15, -0.1) is 0 Å². The van der Waals surface area contributed by atoms with Crippen molar-refractivity contribution in [3.63, 3.8) is 0 Å². The lowest BCUT2D eigenvalue weighted by Crippen LogP contribution is -2.32. The Morgan fingerprint density at radius 3 is 2.64 bits per heavy atom. The molecule has 1 rings (SSSR count). The molecule has 0 N–H and O–H groups in total. The largest absolute Gasteiger partial charge is 0.300 e. The predicted molar refractivity (Wildman–Crippen MR) is 56.0 cm³/mol. The molecule has 0 aromatic carbocycles. The standard InChI is InChI=1S/C11H19NO2/c1-3-4-9-5-6-11(12-14)10(7-9)8(2)13/h9-11H,3-7H2,1-2H3. The average Bonchev–Trinajstić information content (AvgIpc) is 2.18. The van der Waals surface area contributed by atoms with Crippen LogP contribution in [0, 0.1) is 16.7 Å². The van der Waals surface area contributed by atoms with Gasteiger partial charge in [-0.25, -0.2) is 0 Å². The van der Waals surface area contributed by atoms with E-state index in [2.05, 4.69) is 12.1 Å². The van der Waals surface area contributed by atoms with Crippen LogP contribution in [0.3, 0.4) is 0 Å². The fourth-order valence-corrected chi connectivity index (χ4v) is 2.48. The van der Waals surface area contributed by atoms with Gasteiger partial charge in [0, 0.05) is 5.92 Å². The molecule has 0 aromatic heterocycles. The smallest absolute Gasteiger partial charge is 0.135 e. The second-order valence-corrected chi connectivity index (χ2v) is 4.36. The van der Waals surface area contributed by atoms with Gasteiger partial charge in [0.25, 0.3) is 0 Å². The Morgan fingerprint density at radius 1 is 1.43 bits per heavy atom. The van der Waals surface area contributed by atoms with Crippen LogP contribution in [-0.4, -0.2) is 11.8 Å². The molecule has 0 radical (unpaired) electrons. The third kappa shape index (κ3) is 2.63. The number of rotatable bonds is 4. The Kier molecular flexibility index (Phi) is 4.23. The maximum Gasteiger partial charge on any atom is 0.135 e. The Labute approximate surface area is 85.2 Å². The maximum absolute atomic E-state index is 11.3. The number of hydrogen-bond acceptors (Lipinski definition) is 3. The van der Waals surface area contributed by atoms with Gasteiger partial charge in [0.05, 0.1) is 0 Å². The molecule has 0 spiro atoms. The number of hydrogen-bond donors (Lipinski definition) is 0. The molecule has 0 bridgehead atoms. The third-order valence-electron chi connectivity index (χ3n) is 3.28. The van der Waals surface area contributed by atoms with Gasteiger partial charge in [-0.1, -0.05) is 24.9 Å². The highest BCUT2D eigenvalue weighted by molar-refractivity contribution is 5.79. The van der Waals surface area contributed by atoms with E-state index in [0.717, 1.165) is 25.7 Å². The summed E-state index contributed by atoms with van der Waals surface area (Å²) in [7, 11) is 0. The molecule has 80 valence electrons. The van der Waals surface area contributed by atoms with E-state index in [1.165, 1.54) is 6.42 Å². The zero-order valence-electron chi connectivity index (χ0n) is 9.03. The van der Waals surface area contributed by atoms with E-state index in [1.54, 1.807) is 6.92 Å². The molecule has 0 saturated heterocycles. The first kappa shape index (κ1) is 11.3. The van der Waals surface area contributed by atoms with Crippen LogP contribution in [0.2, 0.25) is 0 Å². The van der Waals surface area contributed by atoms with Crippen molar-refractivity contribution in [3.8, 4) is 0 Å². The third-order valence-corrected chi connectivity index (χ3v) is 3.28. The molecule has 1 saturated carbocycles. The average molecular weight is 197 g/mol. The lowest BCUT2D eigenvalue weighted by atomic mass is 9.75. The van der Waals surface area contributed by atoms with E-state index in [9.17, 15) is 9.70 Å². The molecule has 3 atom stereocenters. The van der Waals surface area contributed by atoms with Gasteiger partial charge < -0.3 is 0 Å². The summed E-state index contributed by atoms with van der Waals surface area (Å²) < 4.78 is 0. The molecule has 1 fully saturated rings. The SMILES string of the molecule is CCCC1CCC(N=O)C(C(C)=O)C1. The van der Waals surface area contributed by atoms with Gasteiger partial charge in [-0.3, -0.25) is 4.79 Å². The molecule has 3 nitrogen and oxygen atoms in total. The lowest BCUT2D eigenvalue weighted by Gasteiger charge is -2.30. The summed E-state index contributed by atoms with van der Waals surface area (Å²) in [6.07, 6.45) is 5.08. The van der Waals surface area contributed by atoms with Gasteiger partial charge in [0.2, 0.25) is 0 Å². The molecule has 0 aromatic rings. The van der Waals surface area contributed by atoms with E-state index in [4.69, 9.17) is 0 Å². The monoisotopic (exact) mass is 197 g/mol. The first-order valence-corrected chi connectivity index (χ1v) is 5.52. The molecule has 14 heavy (non-hydrogen) atoms. The second-order valence-electron chi connectivity index (χ2n) is 4.36. The van der Waals surface area contributed by atoms with E-state index in [-0.39, 0.29) is 17.7 Å². The predicted octanol–water partition coefficient (Wildman–Crippen LogP) is 2.93. The van der Waals surface area contributed by atoms with Crippen LogP contribution >= 0.6 is 0 Å². The van der Waals surface area contributed by atoms with Crippen LogP contribution in [0.5, 0.6) is 0 Å². The van der Waals surface area contributed by atoms with Crippen molar-refractivity contribution in [1.29, 1.82) is 0 Å². The first-order valence-electron chi connectivity index (χ1n) is 5.52. The number of ketones is 1. The van der Waals surface area contributed by atoms with Crippen LogP contribution in [0.15, 0.2) is 5.18 Å². The molecule has 1 aliphatic rings. The van der Waals surface area contributed by atoms with Gasteiger partial charge in [0.1, 0.15) is 11.8 Å². The van der Waals surface area contributed by atoms with Gasteiger partial charge >= 0.3 is 0 Å². The Hall–Kier alpha value is -0.730. The lowest BCUT2D eigenvalue weighted by molar-refractivity contribution is -0.122. The molecule has 0 amide bonds. The van der Waals surface area contributed by atoms with Crippen LogP contribution in [0.25, 0.3) is 0 Å². The summed E-state index contributed by atoms with van der Waals surface area (Å²) in [5.41, 5.74) is 0. The van der Waals surface area contributed by atoms with Crippen LogP contribution < -0.4 is 0 Å². The number of Topliss-reactive ketones (excluding diaryl/α,β-unsaturated/α-hetero) is 1. The highest BCUT2D eigenvalue weighted by Gasteiger charge is 2.33. The zero-order valence-corrected chi connectivity index (χ0v) is 9.03. The number of carbonyl (C=O) groups excluding carboxylic acids is 1. The maximum atomic E-state index is 11.3. The van der Waals surface area contributed by atoms with E-state index < -0.39 is 0 Å². The fraction of sp³-hybridized carbons (Fsp3) is 0.909. The van der Waals surface area contributed by atoms with Gasteiger partial charge in [0.15, 0.2) is 0 Å². The second kappa shape index (κ2) is 5.23. The van der Waals surface area contributed by atoms with Crippen LogP contribution in [-0.2, 0) is 4.79 Å². The van der Waals surface area contributed by atoms with Crippen molar-refractivity contribution < 1.29 is 4.79 Å². The highest BCUT2D eigenvalue weighted by Crippen LogP contribution is 2.34. The molecule has 3 unspecified atom stereocenters. The topological polar surface area (TPSA) is 46.5 Å². The minimum Gasteiger partial charge on any atom is -0.300 e. The Balaban J connectivity index is 2.57. The van der Waals surface area contributed by atoms with Crippen molar-refractivity contribution in [3.05, 3.63) is 4.91 Å². The molecule has 0 heterocycles. The highest BCUT2D eigenvalue weighted by atomic mass is 16.3. The van der Waals surface area contributed by atoms with Crippen molar-refractivity contribution in [2.24, 2.45) is 17.0 Å². The Morgan fingerprint density at radius 2 is 2.14 bits per heavy atom. The molecular weight excluding hydrogens is 178 g/mol. The summed E-state index contributed by atoms with van der Waals surface area (Å²) in [5.74, 6) is 0.667. The minimum atomic E-state index is -0.249. The normalized spacial score (nSPS) is 32.6. The van der Waals surface area contributed by atoms with Crippen molar-refractivity contribution in [1.82, 2.24) is 0 Å². The number of nitroso groups, excluding NO2 is 1. The van der Waals surface area contributed by atoms with Gasteiger partial charge in [-0.2, -0.15) is 4.91 Å². The molecule has 1 aliphatic carbocycles. The zero-order chi connectivity index (χ0) is 10.6. The Bertz CT molecular complexity index is 215. The quantitative estimate of drug-likeness (QED) is 0.650. The summed E-state index contributed by atoms with van der Waals surface area (Å²) >= 11 is 0. The van der Waals surface area contributed by atoms with Crippen molar-refractivity contribution in [2.45, 2.75) is 52.0 Å². The van der Waals surface area contributed by atoms with Gasteiger partial charge in [-0.05, 0) is 32.1 Å². The van der Waals surface area contributed by atoms with Crippen molar-refractivity contribution in [2.75, 3.05) is 0 Å². The fourth-order valence-electron chi connectivity index (χ4n) is 2.48. The van der Waals surface area contributed by atoms with Crippen LogP contribution in [0.1, 0.15) is 46.0 Å². The van der Waals surface area contributed by atoms with Crippen molar-refractivity contribution >= 4 is 5.78 Å². The van der Waals surface area contributed by atoms with E-state index in [0.29, 0.717) is 5.92 Å². The minimum absolute atomic E-state index is 0.0993.